The van der Waals surface area contributed by atoms with Crippen LogP contribution < -0.4 is 0 Å². The number of benzene rings is 1. The fourth-order valence-corrected chi connectivity index (χ4v) is 2.36. The Labute approximate surface area is 101 Å². The molecule has 1 saturated carbocycles. The zero-order valence-electron chi connectivity index (χ0n) is 9.93. The Hall–Kier alpha value is -1.61. The Kier molecular flexibility index (Phi) is 2.30. The van der Waals surface area contributed by atoms with Crippen LogP contribution in [0.25, 0.3) is 11.3 Å². The van der Waals surface area contributed by atoms with Crippen molar-refractivity contribution >= 4 is 0 Å². The van der Waals surface area contributed by atoms with E-state index >= 15 is 0 Å². The first-order valence-electron chi connectivity index (χ1n) is 5.96. The molecule has 3 heteroatoms. The Balaban J connectivity index is 2.02. The number of rotatable bonds is 3. The second-order valence-corrected chi connectivity index (χ2v) is 4.84. The van der Waals surface area contributed by atoms with Gasteiger partial charge in [-0.05, 0) is 18.9 Å². The third-order valence-electron chi connectivity index (χ3n) is 3.65. The van der Waals surface area contributed by atoms with Gasteiger partial charge < -0.3 is 5.11 Å². The van der Waals surface area contributed by atoms with E-state index in [0.29, 0.717) is 0 Å². The molecule has 0 atom stereocenters. The van der Waals surface area contributed by atoms with Crippen LogP contribution in [-0.2, 0) is 12.5 Å². The predicted octanol–water partition coefficient (Wildman–Crippen LogP) is 2.11. The molecule has 1 aliphatic rings. The van der Waals surface area contributed by atoms with Crippen LogP contribution in [0.5, 0.6) is 0 Å². The van der Waals surface area contributed by atoms with Gasteiger partial charge in [0.25, 0.3) is 0 Å². The first kappa shape index (κ1) is 10.5. The summed E-state index contributed by atoms with van der Waals surface area (Å²) in [5.74, 6) is 0. The van der Waals surface area contributed by atoms with E-state index in [9.17, 15) is 5.11 Å². The maximum atomic E-state index is 9.47. The maximum absolute atomic E-state index is 9.47. The molecule has 0 saturated heterocycles. The highest BCUT2D eigenvalue weighted by molar-refractivity contribution is 5.59. The molecule has 1 N–H and O–H groups in total. The molecule has 1 aromatic heterocycles. The minimum Gasteiger partial charge on any atom is -0.395 e. The van der Waals surface area contributed by atoms with Crippen molar-refractivity contribution in [2.24, 2.45) is 7.05 Å². The zero-order valence-corrected chi connectivity index (χ0v) is 9.93. The SMILES string of the molecule is Cn1nc(-c2ccccc2)cc1C1(CO)CC1. The van der Waals surface area contributed by atoms with Gasteiger partial charge in [-0.15, -0.1) is 0 Å². The number of nitrogens with zero attached hydrogens (tertiary/aromatic N) is 2. The second-order valence-electron chi connectivity index (χ2n) is 4.84. The molecule has 0 spiro atoms. The summed E-state index contributed by atoms with van der Waals surface area (Å²) in [7, 11) is 1.96. The lowest BCUT2D eigenvalue weighted by atomic mass is 10.0. The molecule has 1 aromatic carbocycles. The van der Waals surface area contributed by atoms with Gasteiger partial charge in [0.2, 0.25) is 0 Å². The average Bonchev–Trinajstić information content (AvgIpc) is 3.07. The number of aromatic nitrogens is 2. The number of aliphatic hydroxyl groups is 1. The van der Waals surface area contributed by atoms with Crippen LogP contribution in [0.1, 0.15) is 18.5 Å². The molecule has 0 unspecified atom stereocenters. The highest BCUT2D eigenvalue weighted by Gasteiger charge is 2.46. The van der Waals surface area contributed by atoms with Crippen molar-refractivity contribution in [2.45, 2.75) is 18.3 Å². The highest BCUT2D eigenvalue weighted by Crippen LogP contribution is 2.48. The van der Waals surface area contributed by atoms with Gasteiger partial charge in [-0.1, -0.05) is 30.3 Å². The Morgan fingerprint density at radius 3 is 2.59 bits per heavy atom. The first-order chi connectivity index (χ1) is 8.25. The largest absolute Gasteiger partial charge is 0.395 e. The molecule has 1 aliphatic carbocycles. The molecule has 0 aliphatic heterocycles. The van der Waals surface area contributed by atoms with E-state index in [1.807, 2.05) is 29.9 Å². The van der Waals surface area contributed by atoms with Crippen LogP contribution in [0, 0.1) is 0 Å². The summed E-state index contributed by atoms with van der Waals surface area (Å²) in [6.07, 6.45) is 2.13. The van der Waals surface area contributed by atoms with E-state index in [-0.39, 0.29) is 12.0 Å². The number of hydrogen-bond acceptors (Lipinski definition) is 2. The van der Waals surface area contributed by atoms with Crippen LogP contribution >= 0.6 is 0 Å². The van der Waals surface area contributed by atoms with E-state index in [1.165, 1.54) is 0 Å². The number of hydrogen-bond donors (Lipinski definition) is 1. The van der Waals surface area contributed by atoms with Gasteiger partial charge in [0.15, 0.2) is 0 Å². The summed E-state index contributed by atoms with van der Waals surface area (Å²) in [6.45, 7) is 0.223. The van der Waals surface area contributed by atoms with Crippen molar-refractivity contribution in [2.75, 3.05) is 6.61 Å². The minimum atomic E-state index is -0.0191. The van der Waals surface area contributed by atoms with Crippen molar-refractivity contribution in [1.29, 1.82) is 0 Å². The van der Waals surface area contributed by atoms with Gasteiger partial charge >= 0.3 is 0 Å². The molecule has 0 amide bonds. The van der Waals surface area contributed by atoms with Crippen molar-refractivity contribution in [3.05, 3.63) is 42.1 Å². The van der Waals surface area contributed by atoms with E-state index in [0.717, 1.165) is 29.8 Å². The Morgan fingerprint density at radius 1 is 1.29 bits per heavy atom. The van der Waals surface area contributed by atoms with Crippen LogP contribution in [-0.4, -0.2) is 21.5 Å². The lowest BCUT2D eigenvalue weighted by Gasteiger charge is -2.10. The molecule has 3 nitrogen and oxygen atoms in total. The summed E-state index contributed by atoms with van der Waals surface area (Å²) in [5.41, 5.74) is 3.25. The van der Waals surface area contributed by atoms with Gasteiger partial charge in [0.1, 0.15) is 0 Å². The van der Waals surface area contributed by atoms with E-state index < -0.39 is 0 Å². The molecule has 1 fully saturated rings. The normalized spacial score (nSPS) is 17.1. The Bertz CT molecular complexity index is 526. The lowest BCUT2D eigenvalue weighted by molar-refractivity contribution is 0.249. The van der Waals surface area contributed by atoms with Crippen LogP contribution in [0.15, 0.2) is 36.4 Å². The average molecular weight is 228 g/mol. The van der Waals surface area contributed by atoms with Crippen LogP contribution in [0.3, 0.4) is 0 Å². The molecule has 0 radical (unpaired) electrons. The lowest BCUT2D eigenvalue weighted by Crippen LogP contribution is -2.16. The van der Waals surface area contributed by atoms with Gasteiger partial charge in [-0.2, -0.15) is 5.10 Å². The first-order valence-corrected chi connectivity index (χ1v) is 5.96. The van der Waals surface area contributed by atoms with Gasteiger partial charge in [0.05, 0.1) is 12.3 Å². The van der Waals surface area contributed by atoms with Gasteiger partial charge in [0, 0.05) is 23.7 Å². The molecule has 3 rings (SSSR count). The highest BCUT2D eigenvalue weighted by atomic mass is 16.3. The maximum Gasteiger partial charge on any atom is 0.0926 e. The second kappa shape index (κ2) is 3.70. The smallest absolute Gasteiger partial charge is 0.0926 e. The standard InChI is InChI=1S/C14H16N2O/c1-16-13(14(10-17)7-8-14)9-12(15-16)11-5-3-2-4-6-11/h2-6,9,17H,7-8,10H2,1H3. The molecular formula is C14H16N2O. The topological polar surface area (TPSA) is 38.0 Å². The molecule has 88 valence electrons. The van der Waals surface area contributed by atoms with E-state index in [1.54, 1.807) is 0 Å². The third-order valence-corrected chi connectivity index (χ3v) is 3.65. The summed E-state index contributed by atoms with van der Waals surface area (Å²) >= 11 is 0. The molecular weight excluding hydrogens is 212 g/mol. The summed E-state index contributed by atoms with van der Waals surface area (Å²) in [4.78, 5) is 0. The Morgan fingerprint density at radius 2 is 2.00 bits per heavy atom. The zero-order chi connectivity index (χ0) is 11.9. The van der Waals surface area contributed by atoms with Crippen LogP contribution in [0.4, 0.5) is 0 Å². The fraction of sp³-hybridized carbons (Fsp3) is 0.357. The quantitative estimate of drug-likeness (QED) is 0.873. The molecule has 1 heterocycles. The van der Waals surface area contributed by atoms with Gasteiger partial charge in [-0.3, -0.25) is 4.68 Å². The summed E-state index contributed by atoms with van der Waals surface area (Å²) in [5, 5.41) is 14.0. The summed E-state index contributed by atoms with van der Waals surface area (Å²) < 4.78 is 1.91. The van der Waals surface area contributed by atoms with E-state index in [4.69, 9.17) is 0 Å². The predicted molar refractivity (Wildman–Crippen MR) is 66.6 cm³/mol. The fourth-order valence-electron chi connectivity index (χ4n) is 2.36. The van der Waals surface area contributed by atoms with E-state index in [2.05, 4.69) is 23.3 Å². The van der Waals surface area contributed by atoms with Crippen molar-refractivity contribution < 1.29 is 5.11 Å². The van der Waals surface area contributed by atoms with Gasteiger partial charge in [-0.25, -0.2) is 0 Å². The van der Waals surface area contributed by atoms with Crippen LogP contribution in [0.2, 0.25) is 0 Å². The summed E-state index contributed by atoms with van der Waals surface area (Å²) in [6, 6.07) is 12.3. The number of aryl methyl sites for hydroxylation is 1. The molecule has 17 heavy (non-hydrogen) atoms. The minimum absolute atomic E-state index is 0.0191. The number of aliphatic hydroxyl groups excluding tert-OH is 1. The van der Waals surface area contributed by atoms with Crippen molar-refractivity contribution in [3.8, 4) is 11.3 Å². The third kappa shape index (κ3) is 1.67. The van der Waals surface area contributed by atoms with Crippen molar-refractivity contribution in [3.63, 3.8) is 0 Å². The monoisotopic (exact) mass is 228 g/mol. The molecule has 0 bridgehead atoms. The van der Waals surface area contributed by atoms with Crippen molar-refractivity contribution in [1.82, 2.24) is 9.78 Å². The molecule has 2 aromatic rings.